The lowest BCUT2D eigenvalue weighted by molar-refractivity contribution is 0.101. The van der Waals surface area contributed by atoms with Crippen LogP contribution in [0.4, 0.5) is 5.95 Å². The molecule has 0 amide bonds. The zero-order chi connectivity index (χ0) is 21.3. The molecule has 0 spiro atoms. The van der Waals surface area contributed by atoms with E-state index in [0.29, 0.717) is 33.3 Å². The van der Waals surface area contributed by atoms with Gasteiger partial charge in [-0.1, -0.05) is 48.0 Å². The van der Waals surface area contributed by atoms with E-state index in [9.17, 15) is 9.59 Å². The highest BCUT2D eigenvalue weighted by Crippen LogP contribution is 2.25. The van der Waals surface area contributed by atoms with Crippen molar-refractivity contribution in [3.05, 3.63) is 87.3 Å². The predicted molar refractivity (Wildman–Crippen MR) is 119 cm³/mol. The van der Waals surface area contributed by atoms with Crippen molar-refractivity contribution in [2.75, 3.05) is 5.32 Å². The molecule has 2 N–H and O–H groups in total. The molecule has 2 aromatic carbocycles. The molecule has 0 radical (unpaired) electrons. The third-order valence-corrected chi connectivity index (χ3v) is 5.22. The molecule has 0 aliphatic carbocycles. The first-order chi connectivity index (χ1) is 14.4. The maximum Gasteiger partial charge on any atom is 0.253 e. The number of hydrogen-bond acceptors (Lipinski definition) is 5. The molecule has 0 unspecified atom stereocenters. The number of pyridine rings is 1. The molecule has 0 saturated carbocycles. The van der Waals surface area contributed by atoms with E-state index in [1.165, 1.54) is 6.92 Å². The number of fused-ring (bicyclic) bond motifs is 1. The molecule has 30 heavy (non-hydrogen) atoms. The first-order valence-electron chi connectivity index (χ1n) is 9.45. The molecule has 0 saturated heterocycles. The number of anilines is 1. The van der Waals surface area contributed by atoms with Crippen LogP contribution in [0, 0.1) is 0 Å². The van der Waals surface area contributed by atoms with E-state index in [-0.39, 0.29) is 17.4 Å². The summed E-state index contributed by atoms with van der Waals surface area (Å²) in [5, 5.41) is 4.52. The number of para-hydroxylation sites is 1. The predicted octanol–water partition coefficient (Wildman–Crippen LogP) is 5.01. The molecule has 1 atom stereocenters. The monoisotopic (exact) mass is 418 g/mol. The van der Waals surface area contributed by atoms with Crippen LogP contribution in [-0.2, 0) is 0 Å². The number of nitrogens with one attached hydrogen (secondary N) is 2. The third kappa shape index (κ3) is 3.82. The number of carbonyl (C=O) groups is 1. The van der Waals surface area contributed by atoms with Crippen molar-refractivity contribution < 1.29 is 4.79 Å². The highest BCUT2D eigenvalue weighted by Gasteiger charge is 2.15. The lowest BCUT2D eigenvalue weighted by atomic mass is 10.0. The van der Waals surface area contributed by atoms with Crippen LogP contribution in [0.5, 0.6) is 0 Å². The standard InChI is InChI=1S/C23H19ClN4O2/c1-13(18-12-15-6-5-9-19(24)21(15)28-22(18)30)26-23-25-11-10-20(27-23)17-8-4-3-7-16(17)14(2)29/h3-13H,1-2H3,(H,28,30)(H,25,26,27)/t13-/m0/s1. The van der Waals surface area contributed by atoms with Crippen LogP contribution >= 0.6 is 11.6 Å². The number of carbonyl (C=O) groups excluding carboxylic acids is 1. The Morgan fingerprint density at radius 3 is 2.73 bits per heavy atom. The van der Waals surface area contributed by atoms with Crippen molar-refractivity contribution in [3.8, 4) is 11.3 Å². The molecule has 4 rings (SSSR count). The van der Waals surface area contributed by atoms with Gasteiger partial charge in [-0.05, 0) is 32.0 Å². The second-order valence-electron chi connectivity index (χ2n) is 6.99. The number of ketones is 1. The van der Waals surface area contributed by atoms with Crippen molar-refractivity contribution in [2.45, 2.75) is 19.9 Å². The summed E-state index contributed by atoms with van der Waals surface area (Å²) in [6.07, 6.45) is 1.62. The fraction of sp³-hybridized carbons (Fsp3) is 0.130. The Kier molecular flexibility index (Phi) is 5.33. The Balaban J connectivity index is 1.67. The minimum Gasteiger partial charge on any atom is -0.347 e. The second-order valence-corrected chi connectivity index (χ2v) is 7.40. The minimum absolute atomic E-state index is 0.0338. The van der Waals surface area contributed by atoms with E-state index in [1.54, 1.807) is 24.4 Å². The highest BCUT2D eigenvalue weighted by molar-refractivity contribution is 6.35. The number of rotatable bonds is 5. The average Bonchev–Trinajstić information content (AvgIpc) is 2.74. The van der Waals surface area contributed by atoms with Crippen molar-refractivity contribution in [1.82, 2.24) is 15.0 Å². The van der Waals surface area contributed by atoms with Crippen LogP contribution in [0.1, 0.15) is 35.8 Å². The molecule has 2 aromatic heterocycles. The van der Waals surface area contributed by atoms with E-state index >= 15 is 0 Å². The quantitative estimate of drug-likeness (QED) is 0.444. The van der Waals surface area contributed by atoms with Crippen molar-refractivity contribution >= 4 is 34.2 Å². The highest BCUT2D eigenvalue weighted by atomic mass is 35.5. The van der Waals surface area contributed by atoms with Gasteiger partial charge in [0.15, 0.2) is 5.78 Å². The maximum absolute atomic E-state index is 12.6. The van der Waals surface area contributed by atoms with Crippen molar-refractivity contribution in [2.24, 2.45) is 0 Å². The Bertz CT molecular complexity index is 1320. The lowest BCUT2D eigenvalue weighted by Gasteiger charge is -2.15. The van der Waals surface area contributed by atoms with Gasteiger partial charge in [0.25, 0.3) is 5.56 Å². The Hall–Kier alpha value is -3.51. The molecule has 4 aromatic rings. The fourth-order valence-corrected chi connectivity index (χ4v) is 3.63. The first kappa shape index (κ1) is 19.8. The zero-order valence-corrected chi connectivity index (χ0v) is 17.2. The van der Waals surface area contributed by atoms with Crippen LogP contribution < -0.4 is 10.9 Å². The Morgan fingerprint density at radius 1 is 1.13 bits per heavy atom. The largest absolute Gasteiger partial charge is 0.347 e. The van der Waals surface area contributed by atoms with Gasteiger partial charge in [0.05, 0.1) is 22.3 Å². The molecule has 0 aliphatic rings. The molecule has 0 aliphatic heterocycles. The number of hydrogen-bond donors (Lipinski definition) is 2. The lowest BCUT2D eigenvalue weighted by Crippen LogP contribution is -2.20. The van der Waals surface area contributed by atoms with Gasteiger partial charge in [-0.15, -0.1) is 0 Å². The molecule has 150 valence electrons. The van der Waals surface area contributed by atoms with Crippen LogP contribution in [0.3, 0.4) is 0 Å². The average molecular weight is 419 g/mol. The van der Waals surface area contributed by atoms with Gasteiger partial charge in [0, 0.05) is 28.3 Å². The SMILES string of the molecule is CC(=O)c1ccccc1-c1ccnc(N[C@@H](C)c2cc3cccc(Cl)c3[nH]c2=O)n1. The van der Waals surface area contributed by atoms with Gasteiger partial charge in [-0.3, -0.25) is 9.59 Å². The number of aromatic amines is 1. The third-order valence-electron chi connectivity index (χ3n) is 4.91. The molecule has 6 nitrogen and oxygen atoms in total. The first-order valence-corrected chi connectivity index (χ1v) is 9.83. The topological polar surface area (TPSA) is 87.7 Å². The zero-order valence-electron chi connectivity index (χ0n) is 16.4. The van der Waals surface area contributed by atoms with Gasteiger partial charge < -0.3 is 10.3 Å². The Labute approximate surface area is 178 Å². The summed E-state index contributed by atoms with van der Waals surface area (Å²) >= 11 is 6.17. The molecule has 0 fully saturated rings. The summed E-state index contributed by atoms with van der Waals surface area (Å²) in [6, 6.07) is 16.0. The number of Topliss-reactive ketones (excluding diaryl/α,β-unsaturated/α-hetero) is 1. The molecule has 7 heteroatoms. The number of halogens is 1. The van der Waals surface area contributed by atoms with Crippen molar-refractivity contribution in [1.29, 1.82) is 0 Å². The smallest absolute Gasteiger partial charge is 0.253 e. The van der Waals surface area contributed by atoms with Gasteiger partial charge in [0.1, 0.15) is 0 Å². The van der Waals surface area contributed by atoms with Crippen LogP contribution in [0.15, 0.2) is 65.6 Å². The summed E-state index contributed by atoms with van der Waals surface area (Å²) in [7, 11) is 0. The number of nitrogens with zero attached hydrogens (tertiary/aromatic N) is 2. The van der Waals surface area contributed by atoms with Crippen LogP contribution in [-0.4, -0.2) is 20.7 Å². The van der Waals surface area contributed by atoms with E-state index in [2.05, 4.69) is 20.3 Å². The van der Waals surface area contributed by atoms with Crippen LogP contribution in [0.25, 0.3) is 22.2 Å². The number of benzene rings is 2. The van der Waals surface area contributed by atoms with E-state index in [1.807, 2.05) is 43.3 Å². The Morgan fingerprint density at radius 2 is 1.93 bits per heavy atom. The summed E-state index contributed by atoms with van der Waals surface area (Å²) in [5.74, 6) is 0.331. The van der Waals surface area contributed by atoms with Gasteiger partial charge in [0.2, 0.25) is 5.95 Å². The molecule has 2 heterocycles. The molecular weight excluding hydrogens is 400 g/mol. The van der Waals surface area contributed by atoms with Crippen LogP contribution in [0.2, 0.25) is 5.02 Å². The summed E-state index contributed by atoms with van der Waals surface area (Å²) in [5.41, 5.74) is 2.89. The van der Waals surface area contributed by atoms with E-state index in [4.69, 9.17) is 11.6 Å². The number of aromatic nitrogens is 3. The summed E-state index contributed by atoms with van der Waals surface area (Å²) < 4.78 is 0. The van der Waals surface area contributed by atoms with Gasteiger partial charge in [-0.2, -0.15) is 0 Å². The maximum atomic E-state index is 12.6. The minimum atomic E-state index is -0.351. The van der Waals surface area contributed by atoms with E-state index in [0.717, 1.165) is 10.9 Å². The summed E-state index contributed by atoms with van der Waals surface area (Å²) in [4.78, 5) is 36.2. The van der Waals surface area contributed by atoms with E-state index < -0.39 is 0 Å². The molecular formula is C23H19ClN4O2. The summed E-state index contributed by atoms with van der Waals surface area (Å²) in [6.45, 7) is 3.39. The van der Waals surface area contributed by atoms with Crippen molar-refractivity contribution in [3.63, 3.8) is 0 Å². The molecule has 0 bridgehead atoms. The normalized spacial score (nSPS) is 12.0. The second kappa shape index (κ2) is 8.08. The van der Waals surface area contributed by atoms with Gasteiger partial charge in [-0.25, -0.2) is 9.97 Å². The fourth-order valence-electron chi connectivity index (χ4n) is 3.40. The number of H-pyrrole nitrogens is 1. The van der Waals surface area contributed by atoms with Gasteiger partial charge >= 0.3 is 0 Å².